The average molecular weight is 346 g/mol. The second kappa shape index (κ2) is 5.22. The molecule has 2 N–H and O–H groups in total. The number of benzene rings is 1. The molecule has 1 aromatic carbocycles. The van der Waals surface area contributed by atoms with Crippen LogP contribution in [0.3, 0.4) is 0 Å². The van der Waals surface area contributed by atoms with Crippen LogP contribution in [0, 0.1) is 0 Å². The Bertz CT molecular complexity index is 697. The molecule has 1 aromatic heterocycles. The Morgan fingerprint density at radius 3 is 2.84 bits per heavy atom. The maximum atomic E-state index is 12.1. The smallest absolute Gasteiger partial charge is 0.281 e. The Morgan fingerprint density at radius 2 is 2.21 bits per heavy atom. The highest BCUT2D eigenvalue weighted by molar-refractivity contribution is 9.10. The first-order valence-electron chi connectivity index (χ1n) is 5.46. The van der Waals surface area contributed by atoms with E-state index >= 15 is 0 Å². The van der Waals surface area contributed by atoms with Gasteiger partial charge in [0.2, 0.25) is 0 Å². The van der Waals surface area contributed by atoms with E-state index in [4.69, 9.17) is 0 Å². The quantitative estimate of drug-likeness (QED) is 0.831. The van der Waals surface area contributed by atoms with E-state index in [-0.39, 0.29) is 16.5 Å². The van der Waals surface area contributed by atoms with Gasteiger partial charge in [-0.2, -0.15) is 8.42 Å². The molecule has 0 saturated heterocycles. The van der Waals surface area contributed by atoms with Crippen molar-refractivity contribution in [2.24, 2.45) is 0 Å². The average Bonchev–Trinajstić information content (AvgIpc) is 2.84. The van der Waals surface area contributed by atoms with Gasteiger partial charge in [-0.3, -0.25) is 4.72 Å². The van der Waals surface area contributed by atoms with Gasteiger partial charge in [-0.05, 0) is 35.0 Å². The van der Waals surface area contributed by atoms with Crippen molar-refractivity contribution in [2.45, 2.75) is 18.5 Å². The van der Waals surface area contributed by atoms with Gasteiger partial charge < -0.3 is 9.67 Å². The number of aromatic hydroxyl groups is 1. The first-order valence-corrected chi connectivity index (χ1v) is 7.73. The van der Waals surface area contributed by atoms with Gasteiger partial charge in [0.1, 0.15) is 0 Å². The van der Waals surface area contributed by atoms with Crippen molar-refractivity contribution in [2.75, 3.05) is 4.72 Å². The summed E-state index contributed by atoms with van der Waals surface area (Å²) >= 11 is 3.12. The van der Waals surface area contributed by atoms with Crippen LogP contribution in [-0.2, 0) is 16.6 Å². The van der Waals surface area contributed by atoms with Crippen molar-refractivity contribution < 1.29 is 13.5 Å². The molecule has 8 heteroatoms. The summed E-state index contributed by atoms with van der Waals surface area (Å²) in [4.78, 5) is 3.83. The SMILES string of the molecule is CCn1cnc(S(=O)(=O)Nc2cccc(Br)c2O)c1. The molecule has 0 amide bonds. The summed E-state index contributed by atoms with van der Waals surface area (Å²) in [6, 6.07) is 4.69. The molecule has 0 spiro atoms. The molecule has 19 heavy (non-hydrogen) atoms. The van der Waals surface area contributed by atoms with Gasteiger partial charge in [0.05, 0.1) is 16.5 Å². The molecule has 6 nitrogen and oxygen atoms in total. The lowest BCUT2D eigenvalue weighted by Crippen LogP contribution is -2.13. The second-order valence-electron chi connectivity index (χ2n) is 3.78. The van der Waals surface area contributed by atoms with Crippen LogP contribution in [0.4, 0.5) is 5.69 Å². The highest BCUT2D eigenvalue weighted by Gasteiger charge is 2.19. The fourth-order valence-corrected chi connectivity index (χ4v) is 2.83. The highest BCUT2D eigenvalue weighted by Crippen LogP contribution is 2.32. The first-order chi connectivity index (χ1) is 8.94. The van der Waals surface area contributed by atoms with Crippen molar-refractivity contribution in [3.63, 3.8) is 0 Å². The zero-order valence-corrected chi connectivity index (χ0v) is 12.4. The first kappa shape index (κ1) is 13.9. The number of para-hydroxylation sites is 1. The molecule has 1 heterocycles. The minimum absolute atomic E-state index is 0.0891. The molecule has 0 unspecified atom stereocenters. The summed E-state index contributed by atoms with van der Waals surface area (Å²) in [5.41, 5.74) is 0.0976. The Hall–Kier alpha value is -1.54. The predicted molar refractivity (Wildman–Crippen MR) is 74.5 cm³/mol. The molecule has 0 saturated carbocycles. The number of nitrogens with one attached hydrogen (secondary N) is 1. The molecular formula is C11H12BrN3O3S. The molecule has 0 bridgehead atoms. The van der Waals surface area contributed by atoms with Crippen LogP contribution < -0.4 is 4.72 Å². The van der Waals surface area contributed by atoms with Crippen molar-refractivity contribution in [1.29, 1.82) is 0 Å². The minimum Gasteiger partial charge on any atom is -0.505 e. The van der Waals surface area contributed by atoms with Crippen LogP contribution in [-0.4, -0.2) is 23.1 Å². The lowest BCUT2D eigenvalue weighted by molar-refractivity contribution is 0.474. The Balaban J connectivity index is 2.33. The molecule has 0 aliphatic carbocycles. The third kappa shape index (κ3) is 2.90. The van der Waals surface area contributed by atoms with Crippen LogP contribution in [0.5, 0.6) is 5.75 Å². The van der Waals surface area contributed by atoms with Crippen molar-refractivity contribution in [3.05, 3.63) is 35.2 Å². The second-order valence-corrected chi connectivity index (χ2v) is 6.27. The molecular weight excluding hydrogens is 334 g/mol. The molecule has 102 valence electrons. The van der Waals surface area contributed by atoms with Gasteiger partial charge in [0, 0.05) is 12.7 Å². The highest BCUT2D eigenvalue weighted by atomic mass is 79.9. The van der Waals surface area contributed by atoms with E-state index in [1.54, 1.807) is 16.7 Å². The van der Waals surface area contributed by atoms with Gasteiger partial charge in [-0.25, -0.2) is 4.98 Å². The minimum atomic E-state index is -3.80. The number of hydrogen-bond donors (Lipinski definition) is 2. The third-order valence-electron chi connectivity index (χ3n) is 2.48. The number of rotatable bonds is 4. The molecule has 0 fully saturated rings. The number of anilines is 1. The van der Waals surface area contributed by atoms with Crippen LogP contribution in [0.25, 0.3) is 0 Å². The number of aryl methyl sites for hydroxylation is 1. The normalized spacial score (nSPS) is 11.5. The maximum absolute atomic E-state index is 12.1. The number of sulfonamides is 1. The molecule has 2 rings (SSSR count). The molecule has 0 aliphatic rings. The Morgan fingerprint density at radius 1 is 1.47 bits per heavy atom. The largest absolute Gasteiger partial charge is 0.505 e. The topological polar surface area (TPSA) is 84.2 Å². The summed E-state index contributed by atoms with van der Waals surface area (Å²) < 4.78 is 28.5. The number of hydrogen-bond acceptors (Lipinski definition) is 4. The fraction of sp³-hybridized carbons (Fsp3) is 0.182. The standard InChI is InChI=1S/C11H12BrN3O3S/c1-2-15-6-10(13-7-15)19(17,18)14-9-5-3-4-8(12)11(9)16/h3-7,14,16H,2H2,1H3. The number of halogens is 1. The lowest BCUT2D eigenvalue weighted by Gasteiger charge is -2.08. The number of nitrogens with zero attached hydrogens (tertiary/aromatic N) is 2. The summed E-state index contributed by atoms with van der Waals surface area (Å²) in [5.74, 6) is -0.166. The van der Waals surface area contributed by atoms with Gasteiger partial charge in [0.25, 0.3) is 10.0 Å². The Kier molecular flexibility index (Phi) is 3.81. The van der Waals surface area contributed by atoms with Crippen molar-refractivity contribution in [3.8, 4) is 5.75 Å². The van der Waals surface area contributed by atoms with Crippen LogP contribution in [0.15, 0.2) is 40.2 Å². The Labute approximate surface area is 119 Å². The van der Waals surface area contributed by atoms with E-state index < -0.39 is 10.0 Å². The van der Waals surface area contributed by atoms with E-state index in [0.717, 1.165) is 0 Å². The predicted octanol–water partition coefficient (Wildman–Crippen LogP) is 2.17. The summed E-state index contributed by atoms with van der Waals surface area (Å²) in [7, 11) is -3.80. The number of phenols is 1. The zero-order valence-electron chi connectivity index (χ0n) is 10.0. The lowest BCUT2D eigenvalue weighted by atomic mass is 10.3. The molecule has 0 atom stereocenters. The van der Waals surface area contributed by atoms with Gasteiger partial charge in [0.15, 0.2) is 10.8 Å². The van der Waals surface area contributed by atoms with Gasteiger partial charge >= 0.3 is 0 Å². The zero-order chi connectivity index (χ0) is 14.0. The molecule has 2 aromatic rings. The van der Waals surface area contributed by atoms with Crippen LogP contribution >= 0.6 is 15.9 Å². The summed E-state index contributed by atoms with van der Waals surface area (Å²) in [6.45, 7) is 2.51. The monoisotopic (exact) mass is 345 g/mol. The van der Waals surface area contributed by atoms with Gasteiger partial charge in [-0.15, -0.1) is 0 Å². The summed E-state index contributed by atoms with van der Waals surface area (Å²) in [6.07, 6.45) is 2.87. The van der Waals surface area contributed by atoms with Crippen LogP contribution in [0.1, 0.15) is 6.92 Å². The number of aromatic nitrogens is 2. The molecule has 0 aliphatic heterocycles. The van der Waals surface area contributed by atoms with Crippen LogP contribution in [0.2, 0.25) is 0 Å². The molecule has 0 radical (unpaired) electrons. The van der Waals surface area contributed by atoms with E-state index in [2.05, 4.69) is 25.6 Å². The summed E-state index contributed by atoms with van der Waals surface area (Å²) in [5, 5.41) is 9.67. The van der Waals surface area contributed by atoms with E-state index in [1.165, 1.54) is 18.6 Å². The van der Waals surface area contributed by atoms with Crippen molar-refractivity contribution in [1.82, 2.24) is 9.55 Å². The van der Waals surface area contributed by atoms with Gasteiger partial charge in [-0.1, -0.05) is 6.07 Å². The third-order valence-corrected chi connectivity index (χ3v) is 4.37. The van der Waals surface area contributed by atoms with Crippen molar-refractivity contribution >= 4 is 31.6 Å². The van der Waals surface area contributed by atoms with E-state index in [1.807, 2.05) is 6.92 Å². The number of phenolic OH excluding ortho intramolecular Hbond substituents is 1. The van der Waals surface area contributed by atoms with E-state index in [9.17, 15) is 13.5 Å². The maximum Gasteiger partial charge on any atom is 0.281 e. The van der Waals surface area contributed by atoms with E-state index in [0.29, 0.717) is 11.0 Å². The fourth-order valence-electron chi connectivity index (χ4n) is 1.45. The number of imidazole rings is 1.